The summed E-state index contributed by atoms with van der Waals surface area (Å²) in [5.74, 6) is 0.419. The van der Waals surface area contributed by atoms with Gasteiger partial charge in [-0.2, -0.15) is 9.36 Å². The van der Waals surface area contributed by atoms with Crippen LogP contribution < -0.4 is 5.69 Å². The lowest BCUT2D eigenvalue weighted by molar-refractivity contribution is -0.131. The first-order chi connectivity index (χ1) is 10.6. The summed E-state index contributed by atoms with van der Waals surface area (Å²) in [6.45, 7) is 0.168. The first kappa shape index (κ1) is 14.3. The van der Waals surface area contributed by atoms with Crippen LogP contribution in [0.15, 0.2) is 45.1 Å². The van der Waals surface area contributed by atoms with Crippen LogP contribution in [0.4, 0.5) is 0 Å². The molecule has 0 aliphatic carbocycles. The Hall–Kier alpha value is -2.68. The minimum atomic E-state index is -0.442. The molecule has 0 fully saturated rings. The molecule has 3 aromatic rings. The van der Waals surface area contributed by atoms with Crippen molar-refractivity contribution < 1.29 is 9.21 Å². The monoisotopic (exact) mass is 319 g/mol. The summed E-state index contributed by atoms with van der Waals surface area (Å²) >= 11 is 1.37. The second-order valence-corrected chi connectivity index (χ2v) is 5.54. The molecule has 3 heterocycles. The average Bonchev–Trinajstić information content (AvgIpc) is 3.22. The number of carbonyl (C=O) groups excluding carboxylic acids is 1. The van der Waals surface area contributed by atoms with E-state index in [1.807, 2.05) is 11.4 Å². The third kappa shape index (κ3) is 2.84. The van der Waals surface area contributed by atoms with Crippen molar-refractivity contribution in [1.29, 1.82) is 0 Å². The number of likely N-dealkylation sites (N-methyl/N-ethyl adjacent to an activating group) is 1. The number of carbonyl (C=O) groups is 1. The maximum Gasteiger partial charge on any atom is 0.369 e. The van der Waals surface area contributed by atoms with Crippen molar-refractivity contribution in [3.05, 3.63) is 52.2 Å². The summed E-state index contributed by atoms with van der Waals surface area (Å²) in [6.07, 6.45) is 1.55. The smallest absolute Gasteiger partial charge is 0.369 e. The number of amides is 1. The third-order valence-electron chi connectivity index (χ3n) is 3.04. The van der Waals surface area contributed by atoms with Gasteiger partial charge in [-0.25, -0.2) is 4.79 Å². The summed E-state index contributed by atoms with van der Waals surface area (Å²) in [7, 11) is 1.64. The first-order valence-electron chi connectivity index (χ1n) is 6.48. The molecule has 0 saturated carbocycles. The number of thiophene rings is 1. The van der Waals surface area contributed by atoms with Gasteiger partial charge < -0.3 is 9.32 Å². The lowest BCUT2D eigenvalue weighted by atomic mass is 10.4. The molecule has 0 atom stereocenters. The van der Waals surface area contributed by atoms with Crippen molar-refractivity contribution in [2.24, 2.45) is 0 Å². The summed E-state index contributed by atoms with van der Waals surface area (Å²) in [5, 5.41) is 10.0. The maximum absolute atomic E-state index is 12.2. The molecule has 0 aromatic carbocycles. The zero-order valence-electron chi connectivity index (χ0n) is 11.7. The van der Waals surface area contributed by atoms with E-state index in [1.165, 1.54) is 20.9 Å². The maximum atomic E-state index is 12.2. The number of nitrogens with zero attached hydrogens (tertiary/aromatic N) is 5. The predicted octanol–water partition coefficient (Wildman–Crippen LogP) is 0.742. The molecule has 0 radical (unpaired) electrons. The van der Waals surface area contributed by atoms with Crippen LogP contribution in [0.5, 0.6) is 0 Å². The number of hydrogen-bond donors (Lipinski definition) is 0. The fraction of sp³-hybridized carbons (Fsp3) is 0.231. The lowest BCUT2D eigenvalue weighted by Crippen LogP contribution is -2.34. The third-order valence-corrected chi connectivity index (χ3v) is 3.88. The minimum Gasteiger partial charge on any atom is -0.467 e. The van der Waals surface area contributed by atoms with Crippen LogP contribution in [0.2, 0.25) is 0 Å². The van der Waals surface area contributed by atoms with Gasteiger partial charge in [-0.05, 0) is 40.1 Å². The largest absolute Gasteiger partial charge is 0.467 e. The molecule has 8 nitrogen and oxygen atoms in total. The minimum absolute atomic E-state index is 0.165. The van der Waals surface area contributed by atoms with E-state index in [9.17, 15) is 9.59 Å². The molecule has 3 aromatic heterocycles. The van der Waals surface area contributed by atoms with Crippen LogP contribution in [0.25, 0.3) is 5.00 Å². The average molecular weight is 319 g/mol. The highest BCUT2D eigenvalue weighted by Crippen LogP contribution is 2.10. The van der Waals surface area contributed by atoms with Gasteiger partial charge in [-0.1, -0.05) is 0 Å². The van der Waals surface area contributed by atoms with E-state index >= 15 is 0 Å². The molecule has 0 aliphatic heterocycles. The Labute approximate surface area is 129 Å². The van der Waals surface area contributed by atoms with Gasteiger partial charge in [0, 0.05) is 7.05 Å². The van der Waals surface area contributed by atoms with Crippen molar-refractivity contribution in [2.45, 2.75) is 13.1 Å². The highest BCUT2D eigenvalue weighted by atomic mass is 32.1. The van der Waals surface area contributed by atoms with E-state index in [2.05, 4.69) is 10.4 Å². The second kappa shape index (κ2) is 5.98. The number of aromatic nitrogens is 4. The normalized spacial score (nSPS) is 10.8. The van der Waals surface area contributed by atoms with Gasteiger partial charge in [0.1, 0.15) is 17.3 Å². The van der Waals surface area contributed by atoms with Gasteiger partial charge >= 0.3 is 5.69 Å². The second-order valence-electron chi connectivity index (χ2n) is 4.61. The van der Waals surface area contributed by atoms with Crippen molar-refractivity contribution in [3.8, 4) is 5.00 Å². The molecule has 1 amide bonds. The van der Waals surface area contributed by atoms with Crippen LogP contribution in [-0.2, 0) is 17.9 Å². The summed E-state index contributed by atoms with van der Waals surface area (Å²) in [4.78, 5) is 25.8. The molecule has 0 bridgehead atoms. The Morgan fingerprint density at radius 2 is 2.23 bits per heavy atom. The van der Waals surface area contributed by atoms with Crippen molar-refractivity contribution in [2.75, 3.05) is 7.05 Å². The van der Waals surface area contributed by atoms with E-state index in [0.29, 0.717) is 17.3 Å². The van der Waals surface area contributed by atoms with E-state index in [0.717, 1.165) is 4.68 Å². The van der Waals surface area contributed by atoms with Gasteiger partial charge in [0.05, 0.1) is 12.8 Å². The number of furan rings is 1. The molecule has 0 N–H and O–H groups in total. The van der Waals surface area contributed by atoms with Crippen LogP contribution in [0, 0.1) is 0 Å². The van der Waals surface area contributed by atoms with Crippen molar-refractivity contribution in [1.82, 2.24) is 24.7 Å². The molecule has 9 heteroatoms. The Kier molecular flexibility index (Phi) is 3.88. The van der Waals surface area contributed by atoms with Crippen LogP contribution in [0.1, 0.15) is 5.76 Å². The topological polar surface area (TPSA) is 86.2 Å². The molecule has 0 saturated heterocycles. The standard InChI is InChI=1S/C13H13N5O3S/c1-16(8-10-4-2-6-21-10)11(19)9-17-13(20)18(15-14-17)12-5-3-7-22-12/h2-7H,8-9H2,1H3. The molecule has 3 rings (SSSR count). The number of hydrogen-bond acceptors (Lipinski definition) is 6. The zero-order valence-corrected chi connectivity index (χ0v) is 12.6. The lowest BCUT2D eigenvalue weighted by Gasteiger charge is -2.14. The molecule has 114 valence electrons. The SMILES string of the molecule is CN(Cc1ccco1)C(=O)Cn1nnn(-c2cccs2)c1=O. The fourth-order valence-electron chi connectivity index (χ4n) is 1.88. The molecular formula is C13H13N5O3S. The highest BCUT2D eigenvalue weighted by Gasteiger charge is 2.16. The van der Waals surface area contributed by atoms with E-state index in [-0.39, 0.29) is 12.5 Å². The van der Waals surface area contributed by atoms with Crippen molar-refractivity contribution >= 4 is 17.2 Å². The fourth-order valence-corrected chi connectivity index (χ4v) is 2.54. The predicted molar refractivity (Wildman–Crippen MR) is 78.7 cm³/mol. The molecule has 22 heavy (non-hydrogen) atoms. The van der Waals surface area contributed by atoms with Gasteiger partial charge in [-0.3, -0.25) is 4.79 Å². The van der Waals surface area contributed by atoms with Crippen LogP contribution in [-0.4, -0.2) is 37.6 Å². The summed E-state index contributed by atoms with van der Waals surface area (Å²) in [5.41, 5.74) is -0.442. The quantitative estimate of drug-likeness (QED) is 0.692. The van der Waals surface area contributed by atoms with Gasteiger partial charge in [0.2, 0.25) is 5.91 Å². The Bertz CT molecular complexity index is 803. The van der Waals surface area contributed by atoms with Gasteiger partial charge in [0.15, 0.2) is 0 Å². The Morgan fingerprint density at radius 1 is 1.36 bits per heavy atom. The Balaban J connectivity index is 1.71. The van der Waals surface area contributed by atoms with Gasteiger partial charge in [-0.15, -0.1) is 11.3 Å². The van der Waals surface area contributed by atoms with Gasteiger partial charge in [0.25, 0.3) is 0 Å². The van der Waals surface area contributed by atoms with Crippen molar-refractivity contribution in [3.63, 3.8) is 0 Å². The highest BCUT2D eigenvalue weighted by molar-refractivity contribution is 7.12. The van der Waals surface area contributed by atoms with Crippen LogP contribution in [0.3, 0.4) is 0 Å². The first-order valence-corrected chi connectivity index (χ1v) is 7.36. The number of tetrazole rings is 1. The van der Waals surface area contributed by atoms with E-state index in [1.54, 1.807) is 31.5 Å². The molecule has 0 aliphatic rings. The molecule has 0 unspecified atom stereocenters. The summed E-state index contributed by atoms with van der Waals surface area (Å²) in [6, 6.07) is 7.11. The summed E-state index contributed by atoms with van der Waals surface area (Å²) < 4.78 is 7.40. The van der Waals surface area contributed by atoms with E-state index in [4.69, 9.17) is 4.42 Å². The molecular weight excluding hydrogens is 306 g/mol. The van der Waals surface area contributed by atoms with E-state index < -0.39 is 5.69 Å². The zero-order chi connectivity index (χ0) is 15.5. The molecule has 0 spiro atoms. The number of rotatable bonds is 5. The Morgan fingerprint density at radius 3 is 2.91 bits per heavy atom. The van der Waals surface area contributed by atoms with Crippen LogP contribution >= 0.6 is 11.3 Å².